The van der Waals surface area contributed by atoms with E-state index in [4.69, 9.17) is 20.2 Å². The molecular formula is C33H37F3N8O2S. The number of benzene rings is 1. The Labute approximate surface area is 274 Å². The fourth-order valence-corrected chi connectivity index (χ4v) is 8.57. The van der Waals surface area contributed by atoms with Gasteiger partial charge in [0.05, 0.1) is 19.3 Å². The number of piperazine rings is 1. The first-order chi connectivity index (χ1) is 22.6. The molecule has 7 rings (SSSR count). The molecule has 0 radical (unpaired) electrons. The number of likely N-dealkylation sites (tertiary alicyclic amines) is 1. The van der Waals surface area contributed by atoms with Crippen LogP contribution < -0.4 is 25.4 Å². The highest BCUT2D eigenvalue weighted by Gasteiger charge is 2.45. The van der Waals surface area contributed by atoms with Gasteiger partial charge in [-0.05, 0) is 38.4 Å². The molecule has 0 unspecified atom stereocenters. The van der Waals surface area contributed by atoms with E-state index in [1.165, 1.54) is 18.4 Å². The summed E-state index contributed by atoms with van der Waals surface area (Å²) in [5.41, 5.74) is 5.79. The Hall–Kier alpha value is -3.93. The first-order valence-electron chi connectivity index (χ1n) is 15.9. The van der Waals surface area contributed by atoms with Crippen LogP contribution in [0.25, 0.3) is 32.2 Å². The smallest absolute Gasteiger partial charge is 0.319 e. The third-order valence-electron chi connectivity index (χ3n) is 10.1. The summed E-state index contributed by atoms with van der Waals surface area (Å²) in [5.74, 6) is -1.06. The topological polar surface area (TPSA) is 125 Å². The molecule has 4 aromatic rings. The Morgan fingerprint density at radius 3 is 2.62 bits per heavy atom. The number of aromatic nitrogens is 3. The summed E-state index contributed by atoms with van der Waals surface area (Å²) in [6.45, 7) is 6.79. The number of piperidine rings is 1. The summed E-state index contributed by atoms with van der Waals surface area (Å²) >= 11 is 1.24. The van der Waals surface area contributed by atoms with Gasteiger partial charge in [-0.2, -0.15) is 15.2 Å². The van der Waals surface area contributed by atoms with Crippen LogP contribution in [-0.2, 0) is 0 Å². The number of nitriles is 1. The summed E-state index contributed by atoms with van der Waals surface area (Å²) in [5, 5.41) is 14.6. The number of rotatable bonds is 8. The third-order valence-corrected chi connectivity index (χ3v) is 11.0. The number of alkyl halides is 2. The maximum absolute atomic E-state index is 17.0. The number of nitrogen functional groups attached to an aromatic ring is 1. The highest BCUT2D eigenvalue weighted by molar-refractivity contribution is 7.23. The SMILES string of the molecule is CCN1CC[C@H](C(F)F)[C@](C)(COc2nc(N3C[C@H]4CC[C@@H](C3)N4)c3c(OC)nc(-c4cccc5sc(N)c(C#N)c45)c(F)c3n2)C1. The lowest BCUT2D eigenvalue weighted by Gasteiger charge is -2.45. The number of hydrogen-bond donors (Lipinski definition) is 2. The Kier molecular flexibility index (Phi) is 8.26. The van der Waals surface area contributed by atoms with Gasteiger partial charge in [-0.15, -0.1) is 11.3 Å². The van der Waals surface area contributed by atoms with Gasteiger partial charge in [0.25, 0.3) is 0 Å². The highest BCUT2D eigenvalue weighted by Crippen LogP contribution is 2.44. The predicted octanol–water partition coefficient (Wildman–Crippen LogP) is 5.44. The van der Waals surface area contributed by atoms with Gasteiger partial charge in [0.2, 0.25) is 12.3 Å². The second kappa shape index (κ2) is 12.3. The molecule has 3 aromatic heterocycles. The average molecular weight is 667 g/mol. The normalized spacial score (nSPS) is 24.7. The number of methoxy groups -OCH3 is 1. The summed E-state index contributed by atoms with van der Waals surface area (Å²) in [6, 6.07) is 7.79. The van der Waals surface area contributed by atoms with Crippen molar-refractivity contribution in [2.75, 3.05) is 57.1 Å². The van der Waals surface area contributed by atoms with Crippen molar-refractivity contribution < 1.29 is 22.6 Å². The van der Waals surface area contributed by atoms with Gasteiger partial charge < -0.3 is 30.3 Å². The fourth-order valence-electron chi connectivity index (χ4n) is 7.63. The number of nitrogens with one attached hydrogen (secondary N) is 1. The molecule has 3 saturated heterocycles. The number of nitrogens with two attached hydrogens (primary N) is 1. The first kappa shape index (κ1) is 31.7. The number of fused-ring (bicyclic) bond motifs is 4. The van der Waals surface area contributed by atoms with Crippen molar-refractivity contribution in [3.63, 3.8) is 0 Å². The minimum Gasteiger partial charge on any atom is -0.480 e. The molecule has 10 nitrogen and oxygen atoms in total. The zero-order valence-corrected chi connectivity index (χ0v) is 27.3. The molecule has 47 heavy (non-hydrogen) atoms. The number of pyridine rings is 1. The van der Waals surface area contributed by atoms with E-state index in [0.717, 1.165) is 24.1 Å². The molecule has 0 aliphatic carbocycles. The molecule has 4 atom stereocenters. The van der Waals surface area contributed by atoms with Crippen LogP contribution in [0.5, 0.6) is 11.9 Å². The molecule has 2 bridgehead atoms. The lowest BCUT2D eigenvalue weighted by Crippen LogP contribution is -2.52. The lowest BCUT2D eigenvalue weighted by atomic mass is 9.73. The van der Waals surface area contributed by atoms with Crippen molar-refractivity contribution in [1.82, 2.24) is 25.2 Å². The molecule has 1 aromatic carbocycles. The molecule has 3 N–H and O–H groups in total. The second-order valence-electron chi connectivity index (χ2n) is 13.1. The van der Waals surface area contributed by atoms with Crippen LogP contribution in [0.4, 0.5) is 24.0 Å². The van der Waals surface area contributed by atoms with Gasteiger partial charge in [0.1, 0.15) is 33.5 Å². The van der Waals surface area contributed by atoms with E-state index in [0.29, 0.717) is 59.8 Å². The molecule has 3 aliphatic heterocycles. The molecule has 6 heterocycles. The molecule has 0 spiro atoms. The minimum absolute atomic E-state index is 0.0548. The Morgan fingerprint density at radius 1 is 1.17 bits per heavy atom. The monoisotopic (exact) mass is 666 g/mol. The van der Waals surface area contributed by atoms with Crippen molar-refractivity contribution in [1.29, 1.82) is 5.26 Å². The van der Waals surface area contributed by atoms with Crippen LogP contribution in [0.15, 0.2) is 18.2 Å². The van der Waals surface area contributed by atoms with Gasteiger partial charge in [-0.1, -0.05) is 26.0 Å². The molecular weight excluding hydrogens is 629 g/mol. The minimum atomic E-state index is -2.51. The van der Waals surface area contributed by atoms with Crippen molar-refractivity contribution in [2.45, 2.75) is 51.6 Å². The van der Waals surface area contributed by atoms with Crippen LogP contribution in [-0.4, -0.2) is 84.8 Å². The maximum Gasteiger partial charge on any atom is 0.319 e. The molecule has 3 fully saturated rings. The van der Waals surface area contributed by atoms with E-state index in [9.17, 15) is 14.0 Å². The average Bonchev–Trinajstić information content (AvgIpc) is 3.59. The molecule has 0 saturated carbocycles. The summed E-state index contributed by atoms with van der Waals surface area (Å²) in [4.78, 5) is 18.2. The number of ether oxygens (including phenoxy) is 2. The van der Waals surface area contributed by atoms with Crippen LogP contribution in [0.3, 0.4) is 0 Å². The van der Waals surface area contributed by atoms with Gasteiger partial charge >= 0.3 is 6.01 Å². The summed E-state index contributed by atoms with van der Waals surface area (Å²) in [7, 11) is 1.46. The Balaban J connectivity index is 1.39. The quantitative estimate of drug-likeness (QED) is 0.251. The number of halogens is 3. The first-order valence-corrected chi connectivity index (χ1v) is 16.8. The molecule has 248 valence electrons. The van der Waals surface area contributed by atoms with Gasteiger partial charge in [0, 0.05) is 58.7 Å². The third kappa shape index (κ3) is 5.48. The predicted molar refractivity (Wildman–Crippen MR) is 176 cm³/mol. The van der Waals surface area contributed by atoms with Crippen LogP contribution in [0.2, 0.25) is 0 Å². The van der Waals surface area contributed by atoms with Gasteiger partial charge in [-0.25, -0.2) is 18.2 Å². The largest absolute Gasteiger partial charge is 0.480 e. The number of nitrogens with zero attached hydrogens (tertiary/aromatic N) is 6. The van der Waals surface area contributed by atoms with Gasteiger partial charge in [0.15, 0.2) is 5.82 Å². The van der Waals surface area contributed by atoms with Crippen molar-refractivity contribution in [3.05, 3.63) is 29.6 Å². The summed E-state index contributed by atoms with van der Waals surface area (Å²) < 4.78 is 58.2. The van der Waals surface area contributed by atoms with E-state index in [1.807, 2.05) is 19.9 Å². The van der Waals surface area contributed by atoms with E-state index in [2.05, 4.69) is 31.2 Å². The van der Waals surface area contributed by atoms with E-state index in [1.54, 1.807) is 12.1 Å². The summed E-state index contributed by atoms with van der Waals surface area (Å²) in [6.07, 6.45) is -0.132. The van der Waals surface area contributed by atoms with Crippen molar-refractivity contribution in [3.8, 4) is 29.2 Å². The Morgan fingerprint density at radius 2 is 1.94 bits per heavy atom. The van der Waals surface area contributed by atoms with Crippen LogP contribution >= 0.6 is 11.3 Å². The van der Waals surface area contributed by atoms with Gasteiger partial charge in [-0.3, -0.25) is 0 Å². The second-order valence-corrected chi connectivity index (χ2v) is 14.1. The standard InChI is InChI=1S/C33H37F3N8O2S/c1-4-43-11-10-21(28(35)36)33(2,15-43)16-46-32-41-27-24(30(42-32)44-13-17-8-9-18(14-44)39-17)31(45-3)40-26(25(27)34)19-6-5-7-22-23(19)20(12-37)29(38)47-22/h5-7,17-18,21,28,39H,4,8-11,13-16,38H2,1-3H3/t17-,18+,21-,33+/m1/s1. The zero-order chi connectivity index (χ0) is 33.0. The number of hydrogen-bond acceptors (Lipinski definition) is 11. The lowest BCUT2D eigenvalue weighted by molar-refractivity contribution is -0.0721. The van der Waals surface area contributed by atoms with Crippen LogP contribution in [0, 0.1) is 28.5 Å². The van der Waals surface area contributed by atoms with Crippen molar-refractivity contribution >= 4 is 43.1 Å². The molecule has 3 aliphatic rings. The maximum atomic E-state index is 17.0. The number of anilines is 2. The fraction of sp³-hybridized carbons (Fsp3) is 0.515. The van der Waals surface area contributed by atoms with Crippen LogP contribution in [0.1, 0.15) is 38.7 Å². The highest BCUT2D eigenvalue weighted by atomic mass is 32.1. The van der Waals surface area contributed by atoms with E-state index >= 15 is 4.39 Å². The van der Waals surface area contributed by atoms with E-state index in [-0.39, 0.29) is 47.4 Å². The molecule has 14 heteroatoms. The van der Waals surface area contributed by atoms with Crippen molar-refractivity contribution in [2.24, 2.45) is 11.3 Å². The zero-order valence-electron chi connectivity index (χ0n) is 26.5. The molecule has 0 amide bonds. The Bertz CT molecular complexity index is 1870. The van der Waals surface area contributed by atoms with E-state index < -0.39 is 23.6 Å². The number of thiophene rings is 1.